The lowest BCUT2D eigenvalue weighted by atomic mass is 10.2. The Morgan fingerprint density at radius 3 is 2.47 bits per heavy atom. The van der Waals surface area contributed by atoms with E-state index >= 15 is 0 Å². The van der Waals surface area contributed by atoms with Gasteiger partial charge < -0.3 is 4.57 Å². The van der Waals surface area contributed by atoms with Crippen molar-refractivity contribution in [2.75, 3.05) is 0 Å². The number of non-ortho nitro benzene ring substituents is 1. The van der Waals surface area contributed by atoms with Crippen molar-refractivity contribution in [2.24, 2.45) is 0 Å². The molecule has 0 fully saturated rings. The molecule has 0 N–H and O–H groups in total. The molecule has 0 unspecified atom stereocenters. The first-order valence-corrected chi connectivity index (χ1v) is 4.51. The topological polar surface area (TPSA) is 104 Å². The normalized spacial score (nSPS) is 10.1. The van der Waals surface area contributed by atoms with Crippen LogP contribution in [0.3, 0.4) is 0 Å². The molecule has 0 radical (unpaired) electrons. The van der Waals surface area contributed by atoms with Gasteiger partial charge in [0.15, 0.2) is 0 Å². The number of imidazole rings is 1. The van der Waals surface area contributed by atoms with E-state index in [1.807, 2.05) is 0 Å². The maximum Gasteiger partial charge on any atom is 0.300 e. The smallest absolute Gasteiger partial charge is 0.300 e. The standard InChI is InChI=1S/C9H6N4O4/c14-12(15)7-1-2-8(9(5-7)13(16)17)11-4-3-10-6-11/h1-6H. The molecular formula is C9H6N4O4. The SMILES string of the molecule is O=[N+]([O-])c1ccc(-n2ccnc2)c([N+](=O)[O-])c1. The maximum atomic E-state index is 10.8. The Morgan fingerprint density at radius 1 is 1.18 bits per heavy atom. The van der Waals surface area contributed by atoms with Crippen LogP contribution in [0, 0.1) is 20.2 Å². The second-order valence-corrected chi connectivity index (χ2v) is 3.16. The highest BCUT2D eigenvalue weighted by Crippen LogP contribution is 2.27. The van der Waals surface area contributed by atoms with Gasteiger partial charge in [-0.1, -0.05) is 0 Å². The third kappa shape index (κ3) is 1.95. The van der Waals surface area contributed by atoms with E-state index in [1.54, 1.807) is 0 Å². The van der Waals surface area contributed by atoms with Crippen molar-refractivity contribution >= 4 is 11.4 Å². The summed E-state index contributed by atoms with van der Waals surface area (Å²) in [5, 5.41) is 21.4. The molecule has 8 heteroatoms. The summed E-state index contributed by atoms with van der Waals surface area (Å²) in [7, 11) is 0. The van der Waals surface area contributed by atoms with Gasteiger partial charge in [0.1, 0.15) is 5.69 Å². The molecule has 8 nitrogen and oxygen atoms in total. The average Bonchev–Trinajstić information content (AvgIpc) is 2.81. The Hall–Kier alpha value is -2.77. The molecule has 0 aliphatic rings. The van der Waals surface area contributed by atoms with Gasteiger partial charge in [0.05, 0.1) is 22.2 Å². The van der Waals surface area contributed by atoms with E-state index in [4.69, 9.17) is 0 Å². The van der Waals surface area contributed by atoms with Gasteiger partial charge in [-0.05, 0) is 6.07 Å². The van der Waals surface area contributed by atoms with Gasteiger partial charge in [0.2, 0.25) is 0 Å². The first-order valence-electron chi connectivity index (χ1n) is 4.51. The molecule has 0 aliphatic carbocycles. The van der Waals surface area contributed by atoms with Crippen LogP contribution in [-0.4, -0.2) is 19.4 Å². The van der Waals surface area contributed by atoms with Crippen LogP contribution in [0.4, 0.5) is 11.4 Å². The van der Waals surface area contributed by atoms with Crippen molar-refractivity contribution in [1.29, 1.82) is 0 Å². The van der Waals surface area contributed by atoms with Crippen LogP contribution < -0.4 is 0 Å². The number of nitro groups is 2. The summed E-state index contributed by atoms with van der Waals surface area (Å²) in [6.45, 7) is 0. The summed E-state index contributed by atoms with van der Waals surface area (Å²) in [4.78, 5) is 23.8. The Labute approximate surface area is 94.4 Å². The van der Waals surface area contributed by atoms with E-state index in [0.29, 0.717) is 0 Å². The number of nitro benzene ring substituents is 2. The van der Waals surface area contributed by atoms with Gasteiger partial charge in [-0.3, -0.25) is 20.2 Å². The molecular weight excluding hydrogens is 228 g/mol. The van der Waals surface area contributed by atoms with Crippen LogP contribution in [0.25, 0.3) is 5.69 Å². The summed E-state index contributed by atoms with van der Waals surface area (Å²) >= 11 is 0. The zero-order chi connectivity index (χ0) is 12.4. The van der Waals surface area contributed by atoms with Gasteiger partial charge in [0, 0.05) is 18.5 Å². The Bertz CT molecular complexity index is 579. The fraction of sp³-hybridized carbons (Fsp3) is 0. The quantitative estimate of drug-likeness (QED) is 0.593. The number of nitrogens with zero attached hydrogens (tertiary/aromatic N) is 4. The number of benzene rings is 1. The molecule has 1 aromatic carbocycles. The van der Waals surface area contributed by atoms with Crippen molar-refractivity contribution in [3.63, 3.8) is 0 Å². The van der Waals surface area contributed by atoms with Crippen molar-refractivity contribution in [1.82, 2.24) is 9.55 Å². The van der Waals surface area contributed by atoms with Crippen molar-refractivity contribution in [2.45, 2.75) is 0 Å². The van der Waals surface area contributed by atoms with Crippen molar-refractivity contribution < 1.29 is 9.85 Å². The summed E-state index contributed by atoms with van der Waals surface area (Å²) in [6.07, 6.45) is 4.37. The zero-order valence-corrected chi connectivity index (χ0v) is 8.39. The highest BCUT2D eigenvalue weighted by atomic mass is 16.6. The van der Waals surface area contributed by atoms with Crippen LogP contribution in [0.2, 0.25) is 0 Å². The van der Waals surface area contributed by atoms with Crippen molar-refractivity contribution in [3.8, 4) is 5.69 Å². The predicted molar refractivity (Wildman–Crippen MR) is 56.9 cm³/mol. The minimum Gasteiger partial charge on any atom is -0.300 e. The molecule has 1 heterocycles. The summed E-state index contributed by atoms with van der Waals surface area (Å²) in [6, 6.07) is 3.45. The monoisotopic (exact) mass is 234 g/mol. The highest BCUT2D eigenvalue weighted by molar-refractivity contribution is 5.57. The Balaban J connectivity index is 2.61. The first kappa shape index (κ1) is 10.7. The molecule has 1 aromatic heterocycles. The molecule has 0 aliphatic heterocycles. The summed E-state index contributed by atoms with van der Waals surface area (Å²) < 4.78 is 1.42. The van der Waals surface area contributed by atoms with Gasteiger partial charge in [0.25, 0.3) is 11.4 Å². The molecule has 2 rings (SSSR count). The van der Waals surface area contributed by atoms with E-state index < -0.39 is 9.85 Å². The molecule has 0 spiro atoms. The maximum absolute atomic E-state index is 10.8. The van der Waals surface area contributed by atoms with Crippen LogP contribution in [0.5, 0.6) is 0 Å². The molecule has 2 aromatic rings. The number of hydrogen-bond acceptors (Lipinski definition) is 5. The van der Waals surface area contributed by atoms with Crippen LogP contribution >= 0.6 is 0 Å². The number of hydrogen-bond donors (Lipinski definition) is 0. The molecule has 0 bridgehead atoms. The third-order valence-electron chi connectivity index (χ3n) is 2.15. The fourth-order valence-corrected chi connectivity index (χ4v) is 1.39. The Morgan fingerprint density at radius 2 is 1.94 bits per heavy atom. The Kier molecular flexibility index (Phi) is 2.53. The largest absolute Gasteiger partial charge is 0.300 e. The van der Waals surface area contributed by atoms with Gasteiger partial charge in [-0.15, -0.1) is 0 Å². The first-order chi connectivity index (χ1) is 8.09. The molecule has 0 saturated heterocycles. The second kappa shape index (κ2) is 4.00. The molecule has 86 valence electrons. The molecule has 17 heavy (non-hydrogen) atoms. The third-order valence-corrected chi connectivity index (χ3v) is 2.15. The van der Waals surface area contributed by atoms with E-state index in [2.05, 4.69) is 4.98 Å². The number of rotatable bonds is 3. The minimum absolute atomic E-state index is 0.234. The van der Waals surface area contributed by atoms with Gasteiger partial charge in [-0.2, -0.15) is 0 Å². The molecule has 0 atom stereocenters. The second-order valence-electron chi connectivity index (χ2n) is 3.16. The molecule has 0 saturated carbocycles. The van der Waals surface area contributed by atoms with Crippen molar-refractivity contribution in [3.05, 3.63) is 57.1 Å². The summed E-state index contributed by atoms with van der Waals surface area (Å²) in [5.41, 5.74) is -0.420. The predicted octanol–water partition coefficient (Wildman–Crippen LogP) is 1.69. The van der Waals surface area contributed by atoms with Gasteiger partial charge >= 0.3 is 0 Å². The average molecular weight is 234 g/mol. The lowest BCUT2D eigenvalue weighted by Gasteiger charge is -2.02. The highest BCUT2D eigenvalue weighted by Gasteiger charge is 2.20. The van der Waals surface area contributed by atoms with E-state index in [1.165, 1.54) is 35.4 Å². The van der Waals surface area contributed by atoms with E-state index in [-0.39, 0.29) is 17.1 Å². The van der Waals surface area contributed by atoms with Gasteiger partial charge in [-0.25, -0.2) is 4.98 Å². The minimum atomic E-state index is -0.676. The zero-order valence-electron chi connectivity index (χ0n) is 8.39. The fourth-order valence-electron chi connectivity index (χ4n) is 1.39. The van der Waals surface area contributed by atoms with Crippen LogP contribution in [0.1, 0.15) is 0 Å². The van der Waals surface area contributed by atoms with E-state index in [0.717, 1.165) is 6.07 Å². The lowest BCUT2D eigenvalue weighted by Crippen LogP contribution is -1.99. The number of aromatic nitrogens is 2. The summed E-state index contributed by atoms with van der Waals surface area (Å²) in [5.74, 6) is 0. The van der Waals surface area contributed by atoms with E-state index in [9.17, 15) is 20.2 Å². The molecule has 0 amide bonds. The lowest BCUT2D eigenvalue weighted by molar-refractivity contribution is -0.394. The van der Waals surface area contributed by atoms with Crippen LogP contribution in [-0.2, 0) is 0 Å². The van der Waals surface area contributed by atoms with Crippen LogP contribution in [0.15, 0.2) is 36.9 Å².